The fraction of sp³-hybridized carbons (Fsp3) is 0.714. The molecule has 1 heterocycles. The zero-order valence-corrected chi connectivity index (χ0v) is 11.7. The summed E-state index contributed by atoms with van der Waals surface area (Å²) >= 11 is 1.88. The van der Waals surface area contributed by atoms with Gasteiger partial charge < -0.3 is 10.1 Å². The molecule has 0 radical (unpaired) electrons. The van der Waals surface area contributed by atoms with E-state index in [1.807, 2.05) is 18.4 Å². The second-order valence-corrected chi connectivity index (χ2v) is 5.83. The van der Waals surface area contributed by atoms with Crippen molar-refractivity contribution in [3.8, 4) is 0 Å². The van der Waals surface area contributed by atoms with Crippen molar-refractivity contribution < 1.29 is 4.74 Å². The van der Waals surface area contributed by atoms with E-state index in [2.05, 4.69) is 23.7 Å². The standard InChI is InChI=1S/C14H23NOS/c1-3-11-7-8-17-14(11)10-15-12-5-4-6-13(9-12)16-2/h7-8,12-13,15H,3-6,9-10H2,1-2H3. The number of methoxy groups -OCH3 is 1. The fourth-order valence-electron chi connectivity index (χ4n) is 2.62. The molecule has 0 aliphatic heterocycles. The molecule has 2 nitrogen and oxygen atoms in total. The van der Waals surface area contributed by atoms with E-state index in [9.17, 15) is 0 Å². The van der Waals surface area contributed by atoms with Gasteiger partial charge in [-0.1, -0.05) is 6.92 Å². The van der Waals surface area contributed by atoms with Crippen LogP contribution >= 0.6 is 11.3 Å². The van der Waals surface area contributed by atoms with Crippen LogP contribution in [0.3, 0.4) is 0 Å². The van der Waals surface area contributed by atoms with E-state index in [0.29, 0.717) is 12.1 Å². The Morgan fingerprint density at radius 1 is 1.47 bits per heavy atom. The Labute approximate surface area is 108 Å². The second-order valence-electron chi connectivity index (χ2n) is 4.82. The van der Waals surface area contributed by atoms with E-state index >= 15 is 0 Å². The summed E-state index contributed by atoms with van der Waals surface area (Å²) in [5.74, 6) is 0. The summed E-state index contributed by atoms with van der Waals surface area (Å²) in [5, 5.41) is 5.90. The van der Waals surface area contributed by atoms with Crippen molar-refractivity contribution >= 4 is 11.3 Å². The Morgan fingerprint density at radius 2 is 2.35 bits per heavy atom. The van der Waals surface area contributed by atoms with Crippen LogP contribution < -0.4 is 5.32 Å². The number of rotatable bonds is 5. The molecule has 2 atom stereocenters. The molecule has 0 saturated heterocycles. The summed E-state index contributed by atoms with van der Waals surface area (Å²) in [6.45, 7) is 3.26. The molecule has 2 rings (SSSR count). The summed E-state index contributed by atoms with van der Waals surface area (Å²) in [4.78, 5) is 1.51. The number of nitrogens with one attached hydrogen (secondary N) is 1. The maximum absolute atomic E-state index is 5.47. The van der Waals surface area contributed by atoms with Crippen LogP contribution in [0.2, 0.25) is 0 Å². The van der Waals surface area contributed by atoms with Gasteiger partial charge in [-0.2, -0.15) is 0 Å². The van der Waals surface area contributed by atoms with Gasteiger partial charge in [0.1, 0.15) is 0 Å². The molecule has 0 spiro atoms. The van der Waals surface area contributed by atoms with Gasteiger partial charge in [0.25, 0.3) is 0 Å². The normalized spacial score (nSPS) is 25.1. The van der Waals surface area contributed by atoms with Crippen molar-refractivity contribution in [3.05, 3.63) is 21.9 Å². The number of ether oxygens (including phenoxy) is 1. The third-order valence-corrected chi connectivity index (χ3v) is 4.69. The molecule has 0 aromatic carbocycles. The smallest absolute Gasteiger partial charge is 0.0586 e. The highest BCUT2D eigenvalue weighted by Gasteiger charge is 2.21. The maximum Gasteiger partial charge on any atom is 0.0586 e. The van der Waals surface area contributed by atoms with Gasteiger partial charge in [-0.05, 0) is 49.1 Å². The first kappa shape index (κ1) is 13.1. The van der Waals surface area contributed by atoms with Crippen LogP contribution in [0.5, 0.6) is 0 Å². The van der Waals surface area contributed by atoms with E-state index < -0.39 is 0 Å². The summed E-state index contributed by atoms with van der Waals surface area (Å²) in [6, 6.07) is 2.89. The summed E-state index contributed by atoms with van der Waals surface area (Å²) in [7, 11) is 1.83. The summed E-state index contributed by atoms with van der Waals surface area (Å²) < 4.78 is 5.47. The van der Waals surface area contributed by atoms with Crippen molar-refractivity contribution in [3.63, 3.8) is 0 Å². The quantitative estimate of drug-likeness (QED) is 0.869. The van der Waals surface area contributed by atoms with Gasteiger partial charge in [0.15, 0.2) is 0 Å². The van der Waals surface area contributed by atoms with Crippen LogP contribution in [0, 0.1) is 0 Å². The Hall–Kier alpha value is -0.380. The highest BCUT2D eigenvalue weighted by Crippen LogP contribution is 2.22. The van der Waals surface area contributed by atoms with Gasteiger partial charge in [0.05, 0.1) is 6.10 Å². The van der Waals surface area contributed by atoms with Crippen LogP contribution in [0.1, 0.15) is 43.0 Å². The maximum atomic E-state index is 5.47. The monoisotopic (exact) mass is 253 g/mol. The predicted molar refractivity (Wildman–Crippen MR) is 73.6 cm³/mol. The van der Waals surface area contributed by atoms with Crippen LogP contribution in [-0.2, 0) is 17.7 Å². The van der Waals surface area contributed by atoms with E-state index in [1.165, 1.54) is 36.1 Å². The molecule has 17 heavy (non-hydrogen) atoms. The van der Waals surface area contributed by atoms with Gasteiger partial charge in [0, 0.05) is 24.6 Å². The lowest BCUT2D eigenvalue weighted by Crippen LogP contribution is -2.36. The lowest BCUT2D eigenvalue weighted by Gasteiger charge is -2.28. The molecule has 1 saturated carbocycles. The third kappa shape index (κ3) is 3.54. The van der Waals surface area contributed by atoms with Crippen molar-refractivity contribution in [2.75, 3.05) is 7.11 Å². The fourth-order valence-corrected chi connectivity index (χ4v) is 3.55. The van der Waals surface area contributed by atoms with E-state index in [4.69, 9.17) is 4.74 Å². The minimum absolute atomic E-state index is 0.468. The van der Waals surface area contributed by atoms with E-state index in [1.54, 1.807) is 0 Å². The first-order chi connectivity index (χ1) is 8.33. The number of hydrogen-bond acceptors (Lipinski definition) is 3. The Balaban J connectivity index is 1.81. The first-order valence-corrected chi connectivity index (χ1v) is 7.52. The molecule has 1 aliphatic carbocycles. The van der Waals surface area contributed by atoms with Crippen molar-refractivity contribution in [1.82, 2.24) is 5.32 Å². The average Bonchev–Trinajstić information content (AvgIpc) is 2.84. The molecule has 3 heteroatoms. The highest BCUT2D eigenvalue weighted by atomic mass is 32.1. The molecular formula is C14H23NOS. The van der Waals surface area contributed by atoms with Crippen LogP contribution in [0.15, 0.2) is 11.4 Å². The van der Waals surface area contributed by atoms with Gasteiger partial charge in [-0.25, -0.2) is 0 Å². The Kier molecular flexibility index (Phi) is 5.01. The van der Waals surface area contributed by atoms with Crippen LogP contribution in [-0.4, -0.2) is 19.3 Å². The largest absolute Gasteiger partial charge is 0.381 e. The molecule has 1 aromatic heterocycles. The minimum atomic E-state index is 0.468. The molecular weight excluding hydrogens is 230 g/mol. The van der Waals surface area contributed by atoms with Crippen LogP contribution in [0.4, 0.5) is 0 Å². The molecule has 1 fully saturated rings. The molecule has 96 valence electrons. The Morgan fingerprint density at radius 3 is 3.12 bits per heavy atom. The Bertz CT molecular complexity index is 337. The molecule has 1 aliphatic rings. The lowest BCUT2D eigenvalue weighted by atomic mass is 9.93. The zero-order chi connectivity index (χ0) is 12.1. The number of aryl methyl sites for hydroxylation is 1. The van der Waals surface area contributed by atoms with Gasteiger partial charge in [0.2, 0.25) is 0 Å². The predicted octanol–water partition coefficient (Wildman–Crippen LogP) is 3.36. The highest BCUT2D eigenvalue weighted by molar-refractivity contribution is 7.10. The molecule has 0 bridgehead atoms. The zero-order valence-electron chi connectivity index (χ0n) is 10.9. The molecule has 1 N–H and O–H groups in total. The third-order valence-electron chi connectivity index (χ3n) is 3.73. The van der Waals surface area contributed by atoms with Gasteiger partial charge in [-0.3, -0.25) is 0 Å². The van der Waals surface area contributed by atoms with Crippen molar-refractivity contribution in [2.24, 2.45) is 0 Å². The number of hydrogen-bond donors (Lipinski definition) is 1. The van der Waals surface area contributed by atoms with Crippen molar-refractivity contribution in [1.29, 1.82) is 0 Å². The van der Waals surface area contributed by atoms with Crippen LogP contribution in [0.25, 0.3) is 0 Å². The molecule has 2 unspecified atom stereocenters. The van der Waals surface area contributed by atoms with E-state index in [-0.39, 0.29) is 0 Å². The van der Waals surface area contributed by atoms with E-state index in [0.717, 1.165) is 13.0 Å². The average molecular weight is 253 g/mol. The summed E-state index contributed by atoms with van der Waals surface area (Å²) in [6.07, 6.45) is 6.60. The molecule has 0 amide bonds. The first-order valence-electron chi connectivity index (χ1n) is 6.65. The minimum Gasteiger partial charge on any atom is -0.381 e. The van der Waals surface area contributed by atoms with Gasteiger partial charge >= 0.3 is 0 Å². The molecule has 1 aromatic rings. The van der Waals surface area contributed by atoms with Gasteiger partial charge in [-0.15, -0.1) is 11.3 Å². The second kappa shape index (κ2) is 6.53. The summed E-state index contributed by atoms with van der Waals surface area (Å²) in [5.41, 5.74) is 1.50. The topological polar surface area (TPSA) is 21.3 Å². The SMILES string of the molecule is CCc1ccsc1CNC1CCCC(OC)C1. The number of thiophene rings is 1. The lowest BCUT2D eigenvalue weighted by molar-refractivity contribution is 0.0586. The van der Waals surface area contributed by atoms with Crippen molar-refractivity contribution in [2.45, 2.75) is 57.7 Å².